The first-order valence-electron chi connectivity index (χ1n) is 7.84. The summed E-state index contributed by atoms with van der Waals surface area (Å²) >= 11 is 6.41. The zero-order valence-corrected chi connectivity index (χ0v) is 14.0. The second-order valence-corrected chi connectivity index (χ2v) is 6.24. The number of fused-ring (bicyclic) bond motifs is 1. The molecule has 4 aromatic rings. The average molecular weight is 334 g/mol. The summed E-state index contributed by atoms with van der Waals surface area (Å²) in [4.78, 5) is 4.58. The molecule has 3 nitrogen and oxygen atoms in total. The minimum absolute atomic E-state index is 0.577. The molecule has 0 atom stereocenters. The Bertz CT molecular complexity index is 990. The molecule has 0 aliphatic carbocycles. The fourth-order valence-corrected chi connectivity index (χ4v) is 3.11. The van der Waals surface area contributed by atoms with E-state index >= 15 is 0 Å². The van der Waals surface area contributed by atoms with Gasteiger partial charge in [0.2, 0.25) is 0 Å². The lowest BCUT2D eigenvalue weighted by molar-refractivity contribution is 0.879. The van der Waals surface area contributed by atoms with Crippen LogP contribution in [-0.2, 0) is 6.42 Å². The van der Waals surface area contributed by atoms with Gasteiger partial charge >= 0.3 is 0 Å². The van der Waals surface area contributed by atoms with Crippen LogP contribution < -0.4 is 0 Å². The van der Waals surface area contributed by atoms with Crippen LogP contribution in [-0.4, -0.2) is 14.8 Å². The quantitative estimate of drug-likeness (QED) is 0.495. The van der Waals surface area contributed by atoms with Crippen LogP contribution in [0.5, 0.6) is 0 Å². The van der Waals surface area contributed by atoms with E-state index in [9.17, 15) is 0 Å². The van der Waals surface area contributed by atoms with E-state index in [2.05, 4.69) is 65.5 Å². The van der Waals surface area contributed by atoms with E-state index in [1.807, 2.05) is 16.9 Å². The molecule has 0 aliphatic rings. The Morgan fingerprint density at radius 3 is 2.62 bits per heavy atom. The van der Waals surface area contributed by atoms with Crippen LogP contribution >= 0.6 is 11.6 Å². The second kappa shape index (κ2) is 6.10. The molecule has 0 saturated carbocycles. The van der Waals surface area contributed by atoms with E-state index < -0.39 is 0 Å². The van der Waals surface area contributed by atoms with Crippen LogP contribution in [0.2, 0.25) is 5.15 Å². The van der Waals surface area contributed by atoms with Crippen LogP contribution in [0, 0.1) is 6.92 Å². The van der Waals surface area contributed by atoms with Crippen molar-refractivity contribution in [2.75, 3.05) is 0 Å². The molecule has 0 aliphatic heterocycles. The van der Waals surface area contributed by atoms with Gasteiger partial charge in [0.25, 0.3) is 0 Å². The number of pyridine rings is 1. The Balaban J connectivity index is 1.65. The average Bonchev–Trinajstić information content (AvgIpc) is 3.12. The molecule has 2 heterocycles. The largest absolute Gasteiger partial charge is 0.241 e. The van der Waals surface area contributed by atoms with Crippen molar-refractivity contribution in [1.29, 1.82) is 0 Å². The van der Waals surface area contributed by atoms with E-state index in [0.717, 1.165) is 34.1 Å². The summed E-state index contributed by atoms with van der Waals surface area (Å²) in [5.74, 6) is 0. The lowest BCUT2D eigenvalue weighted by atomic mass is 10.0. The first-order valence-corrected chi connectivity index (χ1v) is 8.22. The smallest absolute Gasteiger partial charge is 0.133 e. The predicted octanol–water partition coefficient (Wildman–Crippen LogP) is 4.97. The van der Waals surface area contributed by atoms with Gasteiger partial charge in [-0.3, -0.25) is 0 Å². The van der Waals surface area contributed by atoms with Gasteiger partial charge < -0.3 is 0 Å². The molecule has 0 saturated heterocycles. The van der Waals surface area contributed by atoms with Crippen molar-refractivity contribution in [3.8, 4) is 5.69 Å². The number of hydrogen-bond acceptors (Lipinski definition) is 2. The fraction of sp³-hybridized carbons (Fsp3) is 0.100. The number of aryl methyl sites for hydroxylation is 1. The van der Waals surface area contributed by atoms with Crippen molar-refractivity contribution in [1.82, 2.24) is 14.8 Å². The molecular weight excluding hydrogens is 318 g/mol. The molecule has 24 heavy (non-hydrogen) atoms. The molecular formula is C20H16ClN3. The molecule has 0 amide bonds. The van der Waals surface area contributed by atoms with Crippen molar-refractivity contribution >= 4 is 22.5 Å². The maximum absolute atomic E-state index is 6.41. The highest BCUT2D eigenvalue weighted by Crippen LogP contribution is 2.25. The minimum Gasteiger partial charge on any atom is -0.241 e. The number of rotatable bonds is 3. The summed E-state index contributed by atoms with van der Waals surface area (Å²) in [6, 6.07) is 18.6. The molecule has 4 heteroatoms. The summed E-state index contributed by atoms with van der Waals surface area (Å²) in [5.41, 5.74) is 5.40. The molecule has 0 spiro atoms. The third kappa shape index (κ3) is 2.79. The SMILES string of the molecule is Cc1cccc2cc(Cc3ccc(-n4cccn4)cc3)c(Cl)nc12. The monoisotopic (exact) mass is 333 g/mol. The van der Waals surface area contributed by atoms with Crippen molar-refractivity contribution in [2.24, 2.45) is 0 Å². The maximum Gasteiger partial charge on any atom is 0.133 e. The molecule has 2 aromatic carbocycles. The van der Waals surface area contributed by atoms with E-state index in [0.29, 0.717) is 5.15 Å². The Kier molecular flexibility index (Phi) is 3.79. The van der Waals surface area contributed by atoms with Crippen LogP contribution in [0.25, 0.3) is 16.6 Å². The maximum atomic E-state index is 6.41. The summed E-state index contributed by atoms with van der Waals surface area (Å²) < 4.78 is 1.84. The fourth-order valence-electron chi connectivity index (χ4n) is 2.90. The highest BCUT2D eigenvalue weighted by molar-refractivity contribution is 6.30. The molecule has 0 N–H and O–H groups in total. The van der Waals surface area contributed by atoms with Gasteiger partial charge in [-0.25, -0.2) is 9.67 Å². The molecule has 4 rings (SSSR count). The van der Waals surface area contributed by atoms with Gasteiger partial charge in [-0.1, -0.05) is 41.9 Å². The van der Waals surface area contributed by atoms with Gasteiger partial charge in [0.1, 0.15) is 5.15 Å². The van der Waals surface area contributed by atoms with Crippen LogP contribution in [0.3, 0.4) is 0 Å². The lowest BCUT2D eigenvalue weighted by Gasteiger charge is -2.09. The number of aromatic nitrogens is 3. The Morgan fingerprint density at radius 2 is 1.88 bits per heavy atom. The predicted molar refractivity (Wildman–Crippen MR) is 97.9 cm³/mol. The van der Waals surface area contributed by atoms with E-state index in [1.54, 1.807) is 6.20 Å². The van der Waals surface area contributed by atoms with E-state index in [4.69, 9.17) is 11.6 Å². The number of halogens is 1. The lowest BCUT2D eigenvalue weighted by Crippen LogP contribution is -1.96. The highest BCUT2D eigenvalue weighted by atomic mass is 35.5. The molecule has 0 bridgehead atoms. The van der Waals surface area contributed by atoms with Crippen molar-refractivity contribution in [2.45, 2.75) is 13.3 Å². The zero-order valence-electron chi connectivity index (χ0n) is 13.3. The Morgan fingerprint density at radius 1 is 1.04 bits per heavy atom. The standard InChI is InChI=1S/C20H16ClN3/c1-14-4-2-5-16-13-17(20(21)23-19(14)16)12-15-6-8-18(9-7-15)24-11-3-10-22-24/h2-11,13H,12H2,1H3. The van der Waals surface area contributed by atoms with Crippen LogP contribution in [0.4, 0.5) is 0 Å². The minimum atomic E-state index is 0.577. The first-order chi connectivity index (χ1) is 11.7. The third-order valence-corrected chi connectivity index (χ3v) is 4.50. The summed E-state index contributed by atoms with van der Waals surface area (Å²) in [7, 11) is 0. The van der Waals surface area contributed by atoms with Crippen molar-refractivity contribution < 1.29 is 0 Å². The van der Waals surface area contributed by atoms with Gasteiger partial charge in [0.05, 0.1) is 11.2 Å². The molecule has 0 radical (unpaired) electrons. The van der Waals surface area contributed by atoms with Gasteiger partial charge in [0, 0.05) is 24.2 Å². The summed E-state index contributed by atoms with van der Waals surface area (Å²) in [5, 5.41) is 5.95. The van der Waals surface area contributed by atoms with Crippen molar-refractivity contribution in [3.05, 3.63) is 88.8 Å². The second-order valence-electron chi connectivity index (χ2n) is 5.88. The van der Waals surface area contributed by atoms with Crippen LogP contribution in [0.1, 0.15) is 16.7 Å². The summed E-state index contributed by atoms with van der Waals surface area (Å²) in [6.07, 6.45) is 4.47. The molecule has 118 valence electrons. The normalized spacial score (nSPS) is 11.1. The third-order valence-electron chi connectivity index (χ3n) is 4.17. The highest BCUT2D eigenvalue weighted by Gasteiger charge is 2.08. The topological polar surface area (TPSA) is 30.7 Å². The van der Waals surface area contributed by atoms with Gasteiger partial charge in [0.15, 0.2) is 0 Å². The Labute approximate surface area is 145 Å². The number of hydrogen-bond donors (Lipinski definition) is 0. The number of benzene rings is 2. The van der Waals surface area contributed by atoms with Gasteiger partial charge in [-0.2, -0.15) is 5.10 Å². The Hall–Kier alpha value is -2.65. The molecule has 0 unspecified atom stereocenters. The molecule has 0 fully saturated rings. The van der Waals surface area contributed by atoms with Gasteiger partial charge in [-0.05, 0) is 47.9 Å². The van der Waals surface area contributed by atoms with Gasteiger partial charge in [-0.15, -0.1) is 0 Å². The number of para-hydroxylation sites is 1. The zero-order chi connectivity index (χ0) is 16.5. The molecule has 2 aromatic heterocycles. The van der Waals surface area contributed by atoms with E-state index in [1.165, 1.54) is 5.56 Å². The summed E-state index contributed by atoms with van der Waals surface area (Å²) in [6.45, 7) is 2.05. The van der Waals surface area contributed by atoms with Crippen molar-refractivity contribution in [3.63, 3.8) is 0 Å². The van der Waals surface area contributed by atoms with Crippen LogP contribution in [0.15, 0.2) is 67.0 Å². The first kappa shape index (κ1) is 14.9. The number of nitrogens with zero attached hydrogens (tertiary/aromatic N) is 3. The van der Waals surface area contributed by atoms with E-state index in [-0.39, 0.29) is 0 Å².